The van der Waals surface area contributed by atoms with Crippen LogP contribution in [0.15, 0.2) is 48.5 Å². The summed E-state index contributed by atoms with van der Waals surface area (Å²) in [4.78, 5) is 24.9. The molecule has 24 heavy (non-hydrogen) atoms. The molecule has 5 nitrogen and oxygen atoms in total. The first-order valence-electron chi connectivity index (χ1n) is 8.10. The molecule has 0 aliphatic carbocycles. The van der Waals surface area contributed by atoms with E-state index >= 15 is 0 Å². The van der Waals surface area contributed by atoms with Gasteiger partial charge in [0, 0.05) is 30.9 Å². The summed E-state index contributed by atoms with van der Waals surface area (Å²) in [5.74, 6) is -0.755. The van der Waals surface area contributed by atoms with E-state index in [1.807, 2.05) is 35.2 Å². The van der Waals surface area contributed by atoms with Gasteiger partial charge >= 0.3 is 5.97 Å². The maximum atomic E-state index is 12.0. The number of nitrogens with zero attached hydrogens (tertiary/aromatic N) is 1. The number of rotatable bonds is 5. The highest BCUT2D eigenvalue weighted by Crippen LogP contribution is 2.24. The van der Waals surface area contributed by atoms with Gasteiger partial charge in [0.25, 0.3) is 0 Å². The summed E-state index contributed by atoms with van der Waals surface area (Å²) >= 11 is 0. The van der Waals surface area contributed by atoms with Crippen LogP contribution >= 0.6 is 0 Å². The van der Waals surface area contributed by atoms with Crippen LogP contribution in [0.4, 0.5) is 11.4 Å². The Balaban J connectivity index is 1.70. The van der Waals surface area contributed by atoms with Gasteiger partial charge in [-0.1, -0.05) is 18.2 Å². The quantitative estimate of drug-likeness (QED) is 0.883. The average molecular weight is 324 g/mol. The van der Waals surface area contributed by atoms with E-state index in [2.05, 4.69) is 5.32 Å². The number of carbonyl (C=O) groups is 2. The molecular formula is C19H20N2O3. The molecule has 3 rings (SSSR count). The van der Waals surface area contributed by atoms with Gasteiger partial charge in [0.2, 0.25) is 5.91 Å². The fourth-order valence-corrected chi connectivity index (χ4v) is 2.88. The highest BCUT2D eigenvalue weighted by molar-refractivity contribution is 5.94. The van der Waals surface area contributed by atoms with Crippen molar-refractivity contribution < 1.29 is 14.7 Å². The van der Waals surface area contributed by atoms with Crippen molar-refractivity contribution in [2.75, 3.05) is 16.8 Å². The lowest BCUT2D eigenvalue weighted by Crippen LogP contribution is -2.35. The van der Waals surface area contributed by atoms with E-state index in [4.69, 9.17) is 5.11 Å². The largest absolute Gasteiger partial charge is 0.478 e. The molecule has 5 heteroatoms. The molecule has 2 aromatic rings. The molecule has 2 N–H and O–H groups in total. The number of benzene rings is 2. The normalized spacial score (nSPS) is 14.5. The molecule has 0 unspecified atom stereocenters. The predicted molar refractivity (Wildman–Crippen MR) is 93.4 cm³/mol. The fraction of sp³-hybridized carbons (Fsp3) is 0.263. The lowest BCUT2D eigenvalue weighted by molar-refractivity contribution is -0.119. The standard InChI is InChI=1S/C19H20N2O3/c22-18-9-1-2-10-21(18)17-8-4-7-16(12-17)20-13-14-5-3-6-15(11-14)19(23)24/h3-8,11-12,20H,1-2,9-10,13H2,(H,23,24). The summed E-state index contributed by atoms with van der Waals surface area (Å²) in [6.45, 7) is 1.29. The van der Waals surface area contributed by atoms with Crippen LogP contribution < -0.4 is 10.2 Å². The molecule has 1 amide bonds. The molecular weight excluding hydrogens is 304 g/mol. The van der Waals surface area contributed by atoms with Gasteiger partial charge in [-0.3, -0.25) is 4.79 Å². The van der Waals surface area contributed by atoms with Crippen molar-refractivity contribution in [1.29, 1.82) is 0 Å². The van der Waals surface area contributed by atoms with Gasteiger partial charge in [-0.25, -0.2) is 4.79 Å². The van der Waals surface area contributed by atoms with Gasteiger partial charge < -0.3 is 15.3 Å². The number of carbonyl (C=O) groups excluding carboxylic acids is 1. The number of anilines is 2. The summed E-state index contributed by atoms with van der Waals surface area (Å²) in [5, 5.41) is 12.3. The number of hydrogen-bond acceptors (Lipinski definition) is 3. The van der Waals surface area contributed by atoms with Crippen LogP contribution in [-0.4, -0.2) is 23.5 Å². The van der Waals surface area contributed by atoms with Crippen LogP contribution in [0.3, 0.4) is 0 Å². The molecule has 2 aromatic carbocycles. The average Bonchev–Trinajstić information content (AvgIpc) is 2.61. The second kappa shape index (κ2) is 7.17. The van der Waals surface area contributed by atoms with Gasteiger partial charge in [0.15, 0.2) is 0 Å². The van der Waals surface area contributed by atoms with Crippen LogP contribution in [-0.2, 0) is 11.3 Å². The van der Waals surface area contributed by atoms with Crippen molar-refractivity contribution in [1.82, 2.24) is 0 Å². The minimum Gasteiger partial charge on any atom is -0.478 e. The van der Waals surface area contributed by atoms with E-state index in [1.54, 1.807) is 18.2 Å². The Labute approximate surface area is 140 Å². The van der Waals surface area contributed by atoms with Crippen molar-refractivity contribution in [3.05, 3.63) is 59.7 Å². The molecule has 1 heterocycles. The number of nitrogens with one attached hydrogen (secondary N) is 1. The highest BCUT2D eigenvalue weighted by atomic mass is 16.4. The summed E-state index contributed by atoms with van der Waals surface area (Å²) < 4.78 is 0. The number of carboxylic acids is 1. The molecule has 0 saturated carbocycles. The second-order valence-corrected chi connectivity index (χ2v) is 5.91. The number of piperidine rings is 1. The van der Waals surface area contributed by atoms with Crippen LogP contribution in [0.1, 0.15) is 35.2 Å². The number of carboxylic acid groups (broad SMARTS) is 1. The van der Waals surface area contributed by atoms with E-state index in [0.717, 1.165) is 36.3 Å². The molecule has 1 aliphatic rings. The Morgan fingerprint density at radius 2 is 1.96 bits per heavy atom. The molecule has 1 saturated heterocycles. The molecule has 1 aliphatic heterocycles. The summed E-state index contributed by atoms with van der Waals surface area (Å²) in [5.41, 5.74) is 2.99. The molecule has 0 atom stereocenters. The van der Waals surface area contributed by atoms with Gasteiger partial charge in [-0.15, -0.1) is 0 Å². The maximum Gasteiger partial charge on any atom is 0.335 e. The number of amides is 1. The van der Waals surface area contributed by atoms with E-state index < -0.39 is 5.97 Å². The summed E-state index contributed by atoms with van der Waals surface area (Å²) in [7, 11) is 0. The maximum absolute atomic E-state index is 12.0. The second-order valence-electron chi connectivity index (χ2n) is 5.91. The third kappa shape index (κ3) is 3.74. The zero-order chi connectivity index (χ0) is 16.9. The Bertz CT molecular complexity index is 758. The van der Waals surface area contributed by atoms with Crippen molar-refractivity contribution >= 4 is 23.3 Å². The highest BCUT2D eigenvalue weighted by Gasteiger charge is 2.19. The molecule has 1 fully saturated rings. The van der Waals surface area contributed by atoms with E-state index in [0.29, 0.717) is 13.0 Å². The van der Waals surface area contributed by atoms with Crippen LogP contribution in [0, 0.1) is 0 Å². The summed E-state index contributed by atoms with van der Waals surface area (Å²) in [6, 6.07) is 14.6. The zero-order valence-corrected chi connectivity index (χ0v) is 13.4. The van der Waals surface area contributed by atoms with Crippen LogP contribution in [0.2, 0.25) is 0 Å². The molecule has 0 radical (unpaired) electrons. The Hall–Kier alpha value is -2.82. The first-order valence-corrected chi connectivity index (χ1v) is 8.10. The lowest BCUT2D eigenvalue weighted by atomic mass is 10.1. The topological polar surface area (TPSA) is 69.6 Å². The third-order valence-corrected chi connectivity index (χ3v) is 4.15. The first-order chi connectivity index (χ1) is 11.6. The summed E-state index contributed by atoms with van der Waals surface area (Å²) in [6.07, 6.45) is 2.61. The Morgan fingerprint density at radius 3 is 2.75 bits per heavy atom. The SMILES string of the molecule is O=C(O)c1cccc(CNc2cccc(N3CCCCC3=O)c2)c1. The van der Waals surface area contributed by atoms with Gasteiger partial charge in [-0.05, 0) is 48.7 Å². The van der Waals surface area contributed by atoms with Crippen molar-refractivity contribution in [3.63, 3.8) is 0 Å². The van der Waals surface area contributed by atoms with Gasteiger partial charge in [-0.2, -0.15) is 0 Å². The first kappa shape index (κ1) is 16.1. The minimum absolute atomic E-state index is 0.174. The van der Waals surface area contributed by atoms with Gasteiger partial charge in [0.1, 0.15) is 0 Å². The smallest absolute Gasteiger partial charge is 0.335 e. The third-order valence-electron chi connectivity index (χ3n) is 4.15. The number of aromatic carboxylic acids is 1. The Kier molecular flexibility index (Phi) is 4.79. The number of hydrogen-bond donors (Lipinski definition) is 2. The zero-order valence-electron chi connectivity index (χ0n) is 13.4. The molecule has 0 aromatic heterocycles. The van der Waals surface area contributed by atoms with E-state index in [9.17, 15) is 9.59 Å². The van der Waals surface area contributed by atoms with E-state index in [1.165, 1.54) is 0 Å². The lowest BCUT2D eigenvalue weighted by Gasteiger charge is -2.27. The van der Waals surface area contributed by atoms with Crippen molar-refractivity contribution in [2.24, 2.45) is 0 Å². The van der Waals surface area contributed by atoms with E-state index in [-0.39, 0.29) is 11.5 Å². The Morgan fingerprint density at radius 1 is 1.12 bits per heavy atom. The van der Waals surface area contributed by atoms with Crippen LogP contribution in [0.5, 0.6) is 0 Å². The van der Waals surface area contributed by atoms with Crippen molar-refractivity contribution in [2.45, 2.75) is 25.8 Å². The molecule has 124 valence electrons. The monoisotopic (exact) mass is 324 g/mol. The molecule has 0 spiro atoms. The van der Waals surface area contributed by atoms with Crippen LogP contribution in [0.25, 0.3) is 0 Å². The van der Waals surface area contributed by atoms with Gasteiger partial charge in [0.05, 0.1) is 5.56 Å². The molecule has 0 bridgehead atoms. The fourth-order valence-electron chi connectivity index (χ4n) is 2.88. The minimum atomic E-state index is -0.928. The van der Waals surface area contributed by atoms with Crippen molar-refractivity contribution in [3.8, 4) is 0 Å². The predicted octanol–water partition coefficient (Wildman–Crippen LogP) is 3.51.